The number of alkyl halides is 1. The van der Waals surface area contributed by atoms with E-state index in [-0.39, 0.29) is 0 Å². The van der Waals surface area contributed by atoms with E-state index in [1.807, 2.05) is 0 Å². The lowest BCUT2D eigenvalue weighted by atomic mass is 10.3. The average Bonchev–Trinajstić information content (AvgIpc) is 1.81. The van der Waals surface area contributed by atoms with Crippen LogP contribution in [0.1, 0.15) is 19.3 Å². The van der Waals surface area contributed by atoms with Gasteiger partial charge in [0.25, 0.3) is 0 Å². The topological polar surface area (TPSA) is 9.23 Å². The molecule has 0 aromatic heterocycles. The summed E-state index contributed by atoms with van der Waals surface area (Å²) in [6.07, 6.45) is 3.74. The van der Waals surface area contributed by atoms with Gasteiger partial charge in [-0.05, 0) is 12.8 Å². The molecular formula is C6H13BrO. The minimum Gasteiger partial charge on any atom is -0.385 e. The van der Waals surface area contributed by atoms with E-state index in [2.05, 4.69) is 15.9 Å². The van der Waals surface area contributed by atoms with E-state index in [1.165, 1.54) is 19.3 Å². The molecule has 2 heteroatoms. The molecule has 0 radical (unpaired) electrons. The predicted molar refractivity (Wildman–Crippen MR) is 39.5 cm³/mol. The molecule has 0 atom stereocenters. The van der Waals surface area contributed by atoms with Gasteiger partial charge in [0, 0.05) is 19.0 Å². The summed E-state index contributed by atoms with van der Waals surface area (Å²) >= 11 is 3.36. The largest absolute Gasteiger partial charge is 0.385 e. The van der Waals surface area contributed by atoms with Crippen LogP contribution in [0.25, 0.3) is 0 Å². The van der Waals surface area contributed by atoms with Gasteiger partial charge in [0.1, 0.15) is 0 Å². The predicted octanol–water partition coefficient (Wildman–Crippen LogP) is 2.20. The standard InChI is InChI=1S/C6H13BrO/c1-8-6-4-2-3-5-7/h2-6H2,1H3. The first kappa shape index (κ1) is 8.44. The van der Waals surface area contributed by atoms with Crippen LogP contribution in [0.15, 0.2) is 0 Å². The third-order valence-corrected chi connectivity index (χ3v) is 1.54. The molecule has 0 bridgehead atoms. The van der Waals surface area contributed by atoms with Crippen LogP contribution >= 0.6 is 15.9 Å². The van der Waals surface area contributed by atoms with Crippen molar-refractivity contribution >= 4 is 15.9 Å². The van der Waals surface area contributed by atoms with E-state index in [0.29, 0.717) is 0 Å². The van der Waals surface area contributed by atoms with Gasteiger partial charge in [-0.25, -0.2) is 0 Å². The van der Waals surface area contributed by atoms with Gasteiger partial charge in [-0.2, -0.15) is 0 Å². The third-order valence-electron chi connectivity index (χ3n) is 0.982. The van der Waals surface area contributed by atoms with E-state index >= 15 is 0 Å². The molecular weight excluding hydrogens is 168 g/mol. The average molecular weight is 181 g/mol. The summed E-state index contributed by atoms with van der Waals surface area (Å²) in [7, 11) is 1.74. The Balaban J connectivity index is 2.53. The van der Waals surface area contributed by atoms with Gasteiger partial charge in [0.15, 0.2) is 0 Å². The summed E-state index contributed by atoms with van der Waals surface area (Å²) < 4.78 is 4.87. The number of ether oxygens (including phenoxy) is 1. The van der Waals surface area contributed by atoms with Crippen molar-refractivity contribution < 1.29 is 4.74 Å². The molecule has 0 aromatic rings. The van der Waals surface area contributed by atoms with Crippen molar-refractivity contribution in [2.45, 2.75) is 19.3 Å². The fourth-order valence-electron chi connectivity index (χ4n) is 0.518. The maximum atomic E-state index is 4.87. The first-order valence-corrected chi connectivity index (χ1v) is 4.09. The van der Waals surface area contributed by atoms with Gasteiger partial charge in [0.2, 0.25) is 0 Å². The second kappa shape index (κ2) is 7.44. The highest BCUT2D eigenvalue weighted by atomic mass is 79.9. The van der Waals surface area contributed by atoms with Gasteiger partial charge in [-0.15, -0.1) is 0 Å². The van der Waals surface area contributed by atoms with E-state index in [4.69, 9.17) is 4.74 Å². The molecule has 0 aliphatic carbocycles. The first-order valence-electron chi connectivity index (χ1n) is 2.96. The van der Waals surface area contributed by atoms with Gasteiger partial charge in [-0.1, -0.05) is 22.4 Å². The van der Waals surface area contributed by atoms with Crippen molar-refractivity contribution in [3.63, 3.8) is 0 Å². The summed E-state index contributed by atoms with van der Waals surface area (Å²) in [5.74, 6) is 0. The number of hydrogen-bond acceptors (Lipinski definition) is 1. The second-order valence-corrected chi connectivity index (χ2v) is 2.54. The number of rotatable bonds is 5. The van der Waals surface area contributed by atoms with Crippen LogP contribution in [0.3, 0.4) is 0 Å². The van der Waals surface area contributed by atoms with Gasteiger partial charge in [0.05, 0.1) is 0 Å². The Morgan fingerprint density at radius 3 is 2.50 bits per heavy atom. The lowest BCUT2D eigenvalue weighted by molar-refractivity contribution is 0.192. The molecule has 0 saturated heterocycles. The number of methoxy groups -OCH3 is 1. The molecule has 0 amide bonds. The minimum atomic E-state index is 0.910. The zero-order valence-corrected chi connectivity index (χ0v) is 6.91. The van der Waals surface area contributed by atoms with Crippen molar-refractivity contribution in [2.24, 2.45) is 0 Å². The van der Waals surface area contributed by atoms with Crippen LogP contribution in [-0.2, 0) is 4.74 Å². The molecule has 0 fully saturated rings. The molecule has 0 aliphatic rings. The number of unbranched alkanes of at least 4 members (excludes halogenated alkanes) is 2. The van der Waals surface area contributed by atoms with Crippen molar-refractivity contribution in [1.82, 2.24) is 0 Å². The van der Waals surface area contributed by atoms with E-state index in [9.17, 15) is 0 Å². The molecule has 0 aromatic carbocycles. The smallest absolute Gasteiger partial charge is 0.0462 e. The Hall–Kier alpha value is 0.440. The Kier molecular flexibility index (Phi) is 7.85. The van der Waals surface area contributed by atoms with Crippen LogP contribution in [0.2, 0.25) is 0 Å². The molecule has 0 spiro atoms. The molecule has 0 saturated carbocycles. The van der Waals surface area contributed by atoms with Crippen LogP contribution in [-0.4, -0.2) is 19.0 Å². The Morgan fingerprint density at radius 2 is 2.00 bits per heavy atom. The van der Waals surface area contributed by atoms with Crippen LogP contribution < -0.4 is 0 Å². The molecule has 0 N–H and O–H groups in total. The third kappa shape index (κ3) is 6.44. The lowest BCUT2D eigenvalue weighted by Gasteiger charge is -1.94. The molecule has 0 heterocycles. The van der Waals surface area contributed by atoms with Crippen LogP contribution in [0.4, 0.5) is 0 Å². The van der Waals surface area contributed by atoms with Crippen molar-refractivity contribution in [3.05, 3.63) is 0 Å². The quantitative estimate of drug-likeness (QED) is 0.466. The maximum absolute atomic E-state index is 4.87. The van der Waals surface area contributed by atoms with E-state index in [0.717, 1.165) is 11.9 Å². The second-order valence-electron chi connectivity index (χ2n) is 1.74. The van der Waals surface area contributed by atoms with Crippen molar-refractivity contribution in [1.29, 1.82) is 0 Å². The first-order chi connectivity index (χ1) is 3.91. The van der Waals surface area contributed by atoms with E-state index < -0.39 is 0 Å². The Bertz CT molecular complexity index is 33.5. The zero-order valence-electron chi connectivity index (χ0n) is 5.32. The normalized spacial score (nSPS) is 9.75. The highest BCUT2D eigenvalue weighted by molar-refractivity contribution is 9.09. The zero-order chi connectivity index (χ0) is 6.24. The van der Waals surface area contributed by atoms with Gasteiger partial charge < -0.3 is 4.74 Å². The summed E-state index contributed by atoms with van der Waals surface area (Å²) in [6.45, 7) is 0.910. The van der Waals surface area contributed by atoms with Crippen LogP contribution in [0.5, 0.6) is 0 Å². The maximum Gasteiger partial charge on any atom is 0.0462 e. The Labute approximate surface area is 59.5 Å². The molecule has 8 heavy (non-hydrogen) atoms. The van der Waals surface area contributed by atoms with Crippen molar-refractivity contribution in [2.75, 3.05) is 19.0 Å². The molecule has 0 aliphatic heterocycles. The van der Waals surface area contributed by atoms with Gasteiger partial charge in [-0.3, -0.25) is 0 Å². The number of hydrogen-bond donors (Lipinski definition) is 0. The fourth-order valence-corrected chi connectivity index (χ4v) is 0.914. The summed E-state index contributed by atoms with van der Waals surface area (Å²) in [6, 6.07) is 0. The highest BCUT2D eigenvalue weighted by Crippen LogP contribution is 1.97. The molecule has 0 rings (SSSR count). The lowest BCUT2D eigenvalue weighted by Crippen LogP contribution is -1.87. The molecule has 0 unspecified atom stereocenters. The monoisotopic (exact) mass is 180 g/mol. The fraction of sp³-hybridized carbons (Fsp3) is 1.00. The van der Waals surface area contributed by atoms with Crippen LogP contribution in [0, 0.1) is 0 Å². The molecule has 1 nitrogen and oxygen atoms in total. The Morgan fingerprint density at radius 1 is 1.25 bits per heavy atom. The summed E-state index contributed by atoms with van der Waals surface area (Å²) in [5.41, 5.74) is 0. The molecule has 50 valence electrons. The number of halogens is 1. The highest BCUT2D eigenvalue weighted by Gasteiger charge is 1.84. The summed E-state index contributed by atoms with van der Waals surface area (Å²) in [4.78, 5) is 0. The SMILES string of the molecule is COCCCCCBr. The van der Waals surface area contributed by atoms with E-state index in [1.54, 1.807) is 7.11 Å². The summed E-state index contributed by atoms with van der Waals surface area (Å²) in [5, 5.41) is 1.12. The minimum absolute atomic E-state index is 0.910. The van der Waals surface area contributed by atoms with Gasteiger partial charge >= 0.3 is 0 Å². The van der Waals surface area contributed by atoms with Crippen molar-refractivity contribution in [3.8, 4) is 0 Å².